The Morgan fingerprint density at radius 1 is 1.24 bits per heavy atom. The zero-order valence-corrected chi connectivity index (χ0v) is 10.9. The first-order valence-electron chi connectivity index (χ1n) is 6.16. The summed E-state index contributed by atoms with van der Waals surface area (Å²) in [6, 6.07) is 6.51. The van der Waals surface area contributed by atoms with E-state index in [0.29, 0.717) is 0 Å². The molecule has 0 aliphatic carbocycles. The Balaban J connectivity index is 2.81. The molecule has 96 valence electrons. The SMILES string of the molecule is CCN(CC(C)(CC)CO)c1ccc(F)cc1. The van der Waals surface area contributed by atoms with Gasteiger partial charge in [0, 0.05) is 24.2 Å². The van der Waals surface area contributed by atoms with Crippen LogP contribution in [-0.2, 0) is 0 Å². The molecule has 17 heavy (non-hydrogen) atoms. The fraction of sp³-hybridized carbons (Fsp3) is 0.571. The van der Waals surface area contributed by atoms with Crippen LogP contribution >= 0.6 is 0 Å². The highest BCUT2D eigenvalue weighted by Crippen LogP contribution is 2.25. The molecular weight excluding hydrogens is 217 g/mol. The number of halogens is 1. The van der Waals surface area contributed by atoms with E-state index in [9.17, 15) is 9.50 Å². The van der Waals surface area contributed by atoms with Gasteiger partial charge in [-0.2, -0.15) is 0 Å². The summed E-state index contributed by atoms with van der Waals surface area (Å²) in [6.07, 6.45) is 0.918. The van der Waals surface area contributed by atoms with Crippen LogP contribution in [-0.4, -0.2) is 24.8 Å². The smallest absolute Gasteiger partial charge is 0.123 e. The van der Waals surface area contributed by atoms with Crippen molar-refractivity contribution in [2.75, 3.05) is 24.6 Å². The van der Waals surface area contributed by atoms with Crippen LogP contribution in [0.25, 0.3) is 0 Å². The Kier molecular flexibility index (Phi) is 4.94. The molecule has 3 heteroatoms. The first-order valence-corrected chi connectivity index (χ1v) is 6.16. The molecule has 0 aliphatic rings. The van der Waals surface area contributed by atoms with E-state index in [1.54, 1.807) is 12.1 Å². The van der Waals surface area contributed by atoms with Gasteiger partial charge in [0.1, 0.15) is 5.82 Å². The first-order chi connectivity index (χ1) is 8.04. The van der Waals surface area contributed by atoms with E-state index in [1.165, 1.54) is 12.1 Å². The third-order valence-corrected chi connectivity index (χ3v) is 3.38. The van der Waals surface area contributed by atoms with Crippen molar-refractivity contribution in [2.45, 2.75) is 27.2 Å². The molecule has 0 amide bonds. The average molecular weight is 239 g/mol. The highest BCUT2D eigenvalue weighted by atomic mass is 19.1. The zero-order valence-electron chi connectivity index (χ0n) is 10.9. The van der Waals surface area contributed by atoms with Gasteiger partial charge in [0.25, 0.3) is 0 Å². The lowest BCUT2D eigenvalue weighted by atomic mass is 9.88. The Morgan fingerprint density at radius 2 is 1.82 bits per heavy atom. The average Bonchev–Trinajstić information content (AvgIpc) is 2.37. The highest BCUT2D eigenvalue weighted by molar-refractivity contribution is 5.46. The third-order valence-electron chi connectivity index (χ3n) is 3.38. The summed E-state index contributed by atoms with van der Waals surface area (Å²) >= 11 is 0. The fourth-order valence-electron chi connectivity index (χ4n) is 1.77. The summed E-state index contributed by atoms with van der Waals surface area (Å²) in [4.78, 5) is 2.17. The van der Waals surface area contributed by atoms with Crippen molar-refractivity contribution in [1.82, 2.24) is 0 Å². The van der Waals surface area contributed by atoms with Crippen molar-refractivity contribution < 1.29 is 9.50 Å². The summed E-state index contributed by atoms with van der Waals surface area (Å²) < 4.78 is 12.9. The van der Waals surface area contributed by atoms with Gasteiger partial charge in [-0.15, -0.1) is 0 Å². The van der Waals surface area contributed by atoms with Gasteiger partial charge < -0.3 is 10.0 Å². The van der Waals surface area contributed by atoms with E-state index in [1.807, 2.05) is 0 Å². The minimum atomic E-state index is -0.217. The van der Waals surface area contributed by atoms with Gasteiger partial charge in [0.2, 0.25) is 0 Å². The van der Waals surface area contributed by atoms with Crippen molar-refractivity contribution in [2.24, 2.45) is 5.41 Å². The lowest BCUT2D eigenvalue weighted by Crippen LogP contribution is -2.38. The number of nitrogens with zero attached hydrogens (tertiary/aromatic N) is 1. The molecule has 0 bridgehead atoms. The van der Waals surface area contributed by atoms with Gasteiger partial charge in [-0.1, -0.05) is 13.8 Å². The molecule has 1 aromatic carbocycles. The van der Waals surface area contributed by atoms with Crippen LogP contribution in [0.5, 0.6) is 0 Å². The molecule has 0 spiro atoms. The number of rotatable bonds is 6. The van der Waals surface area contributed by atoms with E-state index >= 15 is 0 Å². The second-order valence-corrected chi connectivity index (χ2v) is 4.81. The number of benzene rings is 1. The van der Waals surface area contributed by atoms with Crippen LogP contribution in [0.15, 0.2) is 24.3 Å². The second kappa shape index (κ2) is 6.01. The van der Waals surface area contributed by atoms with Crippen LogP contribution in [0.1, 0.15) is 27.2 Å². The highest BCUT2D eigenvalue weighted by Gasteiger charge is 2.24. The summed E-state index contributed by atoms with van der Waals surface area (Å²) in [5.74, 6) is -0.217. The molecule has 0 saturated heterocycles. The summed E-state index contributed by atoms with van der Waals surface area (Å²) in [6.45, 7) is 8.01. The molecule has 1 aromatic rings. The maximum Gasteiger partial charge on any atom is 0.123 e. The number of aliphatic hydroxyl groups is 1. The summed E-state index contributed by atoms with van der Waals surface area (Å²) in [7, 11) is 0. The molecule has 1 unspecified atom stereocenters. The normalized spacial score (nSPS) is 14.4. The zero-order chi connectivity index (χ0) is 12.9. The Bertz CT molecular complexity index is 333. The van der Waals surface area contributed by atoms with Crippen LogP contribution in [0, 0.1) is 11.2 Å². The molecule has 0 heterocycles. The van der Waals surface area contributed by atoms with Crippen molar-refractivity contribution in [1.29, 1.82) is 0 Å². The van der Waals surface area contributed by atoms with Crippen molar-refractivity contribution >= 4 is 5.69 Å². The fourth-order valence-corrected chi connectivity index (χ4v) is 1.77. The number of aliphatic hydroxyl groups excluding tert-OH is 1. The number of hydrogen-bond acceptors (Lipinski definition) is 2. The molecule has 1 rings (SSSR count). The Morgan fingerprint density at radius 3 is 2.24 bits per heavy atom. The Hall–Kier alpha value is -1.09. The molecule has 1 atom stereocenters. The standard InChI is InChI=1S/C14H22FNO/c1-4-14(3,11-17)10-16(5-2)13-8-6-12(15)7-9-13/h6-9,17H,4-5,10-11H2,1-3H3. The molecule has 0 fully saturated rings. The summed E-state index contributed by atoms with van der Waals surface area (Å²) in [5, 5.41) is 9.43. The molecule has 0 aromatic heterocycles. The van der Waals surface area contributed by atoms with E-state index < -0.39 is 0 Å². The largest absolute Gasteiger partial charge is 0.396 e. The number of hydrogen-bond donors (Lipinski definition) is 1. The first kappa shape index (κ1) is 14.0. The van der Waals surface area contributed by atoms with Crippen LogP contribution in [0.2, 0.25) is 0 Å². The van der Waals surface area contributed by atoms with Gasteiger partial charge in [0.05, 0.1) is 6.61 Å². The van der Waals surface area contributed by atoms with Gasteiger partial charge in [-0.3, -0.25) is 0 Å². The predicted octanol–water partition coefficient (Wildman–Crippen LogP) is 3.06. The minimum absolute atomic E-state index is 0.107. The third kappa shape index (κ3) is 3.70. The molecular formula is C14H22FNO. The van der Waals surface area contributed by atoms with Crippen molar-refractivity contribution in [3.63, 3.8) is 0 Å². The van der Waals surface area contributed by atoms with Gasteiger partial charge in [-0.25, -0.2) is 4.39 Å². The monoisotopic (exact) mass is 239 g/mol. The van der Waals surface area contributed by atoms with Gasteiger partial charge >= 0.3 is 0 Å². The van der Waals surface area contributed by atoms with E-state index in [0.717, 1.165) is 25.2 Å². The maximum absolute atomic E-state index is 12.9. The summed E-state index contributed by atoms with van der Waals surface area (Å²) in [5.41, 5.74) is 0.895. The van der Waals surface area contributed by atoms with Crippen LogP contribution < -0.4 is 4.90 Å². The van der Waals surface area contributed by atoms with Crippen molar-refractivity contribution in [3.8, 4) is 0 Å². The van der Waals surface area contributed by atoms with E-state index in [-0.39, 0.29) is 17.8 Å². The van der Waals surface area contributed by atoms with Gasteiger partial charge in [0.15, 0.2) is 0 Å². The van der Waals surface area contributed by atoms with Gasteiger partial charge in [-0.05, 0) is 37.6 Å². The molecule has 0 radical (unpaired) electrons. The number of anilines is 1. The van der Waals surface area contributed by atoms with Crippen LogP contribution in [0.4, 0.5) is 10.1 Å². The minimum Gasteiger partial charge on any atom is -0.396 e. The maximum atomic E-state index is 12.9. The van der Waals surface area contributed by atoms with E-state index in [2.05, 4.69) is 25.7 Å². The lowest BCUT2D eigenvalue weighted by molar-refractivity contribution is 0.143. The topological polar surface area (TPSA) is 23.5 Å². The lowest BCUT2D eigenvalue weighted by Gasteiger charge is -2.34. The predicted molar refractivity (Wildman–Crippen MR) is 69.8 cm³/mol. The van der Waals surface area contributed by atoms with Crippen molar-refractivity contribution in [3.05, 3.63) is 30.1 Å². The Labute approximate surface area is 103 Å². The molecule has 0 saturated carbocycles. The second-order valence-electron chi connectivity index (χ2n) is 4.81. The molecule has 1 N–H and O–H groups in total. The molecule has 2 nitrogen and oxygen atoms in total. The van der Waals surface area contributed by atoms with Crippen LogP contribution in [0.3, 0.4) is 0 Å². The quantitative estimate of drug-likeness (QED) is 0.824. The molecule has 0 aliphatic heterocycles. The van der Waals surface area contributed by atoms with E-state index in [4.69, 9.17) is 0 Å².